The van der Waals surface area contributed by atoms with Crippen LogP contribution in [0.2, 0.25) is 0 Å². The molecule has 140 valence electrons. The number of piperidine rings is 1. The quantitative estimate of drug-likeness (QED) is 0.731. The Kier molecular flexibility index (Phi) is 5.03. The molecule has 0 saturated carbocycles. The molecule has 27 heavy (non-hydrogen) atoms. The molecule has 0 spiro atoms. The number of aromatic nitrogens is 2. The molecule has 3 aromatic rings. The summed E-state index contributed by atoms with van der Waals surface area (Å²) >= 11 is 1.70. The van der Waals surface area contributed by atoms with Crippen LogP contribution in [-0.4, -0.2) is 29.0 Å². The van der Waals surface area contributed by atoms with Gasteiger partial charge in [0.25, 0.3) is 0 Å². The van der Waals surface area contributed by atoms with Gasteiger partial charge in [0.2, 0.25) is 5.91 Å². The van der Waals surface area contributed by atoms with E-state index in [1.807, 2.05) is 0 Å². The Morgan fingerprint density at radius 2 is 2.15 bits per heavy atom. The Morgan fingerprint density at radius 1 is 1.33 bits per heavy atom. The molecule has 0 bridgehead atoms. The van der Waals surface area contributed by atoms with Gasteiger partial charge in [0, 0.05) is 23.7 Å². The van der Waals surface area contributed by atoms with Crippen LogP contribution in [0.4, 0.5) is 15.9 Å². The van der Waals surface area contributed by atoms with Crippen molar-refractivity contribution >= 4 is 39.0 Å². The molecule has 5 nitrogen and oxygen atoms in total. The topological polar surface area (TPSA) is 58.1 Å². The molecule has 4 rings (SSSR count). The number of aryl methyl sites for hydroxylation is 1. The van der Waals surface area contributed by atoms with Gasteiger partial charge in [0.1, 0.15) is 22.8 Å². The minimum absolute atomic E-state index is 0.0313. The van der Waals surface area contributed by atoms with Gasteiger partial charge in [-0.1, -0.05) is 6.92 Å². The zero-order valence-corrected chi connectivity index (χ0v) is 15.9. The van der Waals surface area contributed by atoms with E-state index in [9.17, 15) is 9.18 Å². The smallest absolute Gasteiger partial charge is 0.229 e. The van der Waals surface area contributed by atoms with E-state index in [4.69, 9.17) is 0 Å². The molecular weight excluding hydrogens is 363 g/mol. The molecule has 0 aliphatic carbocycles. The third-order valence-corrected chi connectivity index (χ3v) is 6.10. The van der Waals surface area contributed by atoms with E-state index < -0.39 is 0 Å². The molecular formula is C20H21FN4OS. The van der Waals surface area contributed by atoms with Gasteiger partial charge >= 0.3 is 0 Å². The van der Waals surface area contributed by atoms with Crippen molar-refractivity contribution in [1.82, 2.24) is 9.97 Å². The minimum Gasteiger partial charge on any atom is -0.355 e. The molecule has 2 aromatic heterocycles. The summed E-state index contributed by atoms with van der Waals surface area (Å²) in [5.74, 6) is 0.441. The molecule has 1 fully saturated rings. The van der Waals surface area contributed by atoms with Crippen molar-refractivity contribution in [3.8, 4) is 0 Å². The Labute approximate surface area is 161 Å². The standard InChI is InChI=1S/C20H21FN4OS/c1-2-16-10-17-18(22-12-23-20(17)27-16)25-9-3-4-13(11-25)19(26)24-15-7-5-14(21)6-8-15/h5-8,10,12-13H,2-4,9,11H2,1H3,(H,24,26)/t13-/m1/s1. The Bertz CT molecular complexity index is 956. The molecule has 1 amide bonds. The fourth-order valence-corrected chi connectivity index (χ4v) is 4.41. The lowest BCUT2D eigenvalue weighted by molar-refractivity contribution is -0.120. The van der Waals surface area contributed by atoms with Crippen LogP contribution < -0.4 is 10.2 Å². The van der Waals surface area contributed by atoms with Crippen LogP contribution in [0.5, 0.6) is 0 Å². The van der Waals surface area contributed by atoms with Crippen molar-refractivity contribution in [1.29, 1.82) is 0 Å². The van der Waals surface area contributed by atoms with Crippen molar-refractivity contribution in [3.05, 3.63) is 47.4 Å². The van der Waals surface area contributed by atoms with E-state index in [0.29, 0.717) is 12.2 Å². The van der Waals surface area contributed by atoms with E-state index >= 15 is 0 Å². The Balaban J connectivity index is 1.52. The second-order valence-corrected chi connectivity index (χ2v) is 7.88. The average Bonchev–Trinajstić information content (AvgIpc) is 3.13. The lowest BCUT2D eigenvalue weighted by Crippen LogP contribution is -2.41. The van der Waals surface area contributed by atoms with Crippen molar-refractivity contribution < 1.29 is 9.18 Å². The van der Waals surface area contributed by atoms with Gasteiger partial charge in [-0.2, -0.15) is 0 Å². The fourth-order valence-electron chi connectivity index (χ4n) is 3.48. The number of carbonyl (C=O) groups excluding carboxylic acids is 1. The number of amides is 1. The zero-order chi connectivity index (χ0) is 18.8. The number of carbonyl (C=O) groups is 1. The SMILES string of the molecule is CCc1cc2c(N3CCC[C@@H](C(=O)Nc4ccc(F)cc4)C3)ncnc2s1. The van der Waals surface area contributed by atoms with Crippen LogP contribution in [-0.2, 0) is 11.2 Å². The number of thiophene rings is 1. The van der Waals surface area contributed by atoms with Gasteiger partial charge in [-0.3, -0.25) is 4.79 Å². The zero-order valence-electron chi connectivity index (χ0n) is 15.1. The largest absolute Gasteiger partial charge is 0.355 e. The summed E-state index contributed by atoms with van der Waals surface area (Å²) < 4.78 is 13.0. The van der Waals surface area contributed by atoms with Crippen LogP contribution in [0.1, 0.15) is 24.6 Å². The maximum absolute atomic E-state index is 13.0. The highest BCUT2D eigenvalue weighted by Gasteiger charge is 2.28. The van der Waals surface area contributed by atoms with Crippen LogP contribution in [0.3, 0.4) is 0 Å². The lowest BCUT2D eigenvalue weighted by atomic mass is 9.97. The van der Waals surface area contributed by atoms with Gasteiger partial charge in [-0.05, 0) is 49.6 Å². The monoisotopic (exact) mass is 384 g/mol. The minimum atomic E-state index is -0.313. The average molecular weight is 384 g/mol. The maximum Gasteiger partial charge on any atom is 0.229 e. The molecule has 1 aromatic carbocycles. The van der Waals surface area contributed by atoms with Crippen molar-refractivity contribution in [2.24, 2.45) is 5.92 Å². The first kappa shape index (κ1) is 17.9. The molecule has 1 saturated heterocycles. The van der Waals surface area contributed by atoms with E-state index in [-0.39, 0.29) is 17.6 Å². The Hall–Kier alpha value is -2.54. The first-order valence-corrected chi connectivity index (χ1v) is 10.0. The first-order chi connectivity index (χ1) is 13.1. The third kappa shape index (κ3) is 3.78. The van der Waals surface area contributed by atoms with E-state index in [0.717, 1.165) is 41.8 Å². The highest BCUT2D eigenvalue weighted by molar-refractivity contribution is 7.18. The highest BCUT2D eigenvalue weighted by atomic mass is 32.1. The summed E-state index contributed by atoms with van der Waals surface area (Å²) in [7, 11) is 0. The second-order valence-electron chi connectivity index (χ2n) is 6.76. The van der Waals surface area contributed by atoms with Crippen LogP contribution >= 0.6 is 11.3 Å². The number of nitrogens with zero attached hydrogens (tertiary/aromatic N) is 3. The summed E-state index contributed by atoms with van der Waals surface area (Å²) in [6, 6.07) is 8.03. The van der Waals surface area contributed by atoms with Gasteiger partial charge in [-0.15, -0.1) is 11.3 Å². The van der Waals surface area contributed by atoms with Gasteiger partial charge in [0.15, 0.2) is 0 Å². The van der Waals surface area contributed by atoms with Gasteiger partial charge in [0.05, 0.1) is 11.3 Å². The Morgan fingerprint density at radius 3 is 2.93 bits per heavy atom. The lowest BCUT2D eigenvalue weighted by Gasteiger charge is -2.33. The fraction of sp³-hybridized carbons (Fsp3) is 0.350. The number of hydrogen-bond acceptors (Lipinski definition) is 5. The molecule has 0 radical (unpaired) electrons. The predicted molar refractivity (Wildman–Crippen MR) is 107 cm³/mol. The summed E-state index contributed by atoms with van der Waals surface area (Å²) in [4.78, 5) is 26.1. The predicted octanol–water partition coefficient (Wildman–Crippen LogP) is 4.25. The molecule has 1 atom stereocenters. The van der Waals surface area contributed by atoms with Crippen molar-refractivity contribution in [2.45, 2.75) is 26.2 Å². The summed E-state index contributed by atoms with van der Waals surface area (Å²) in [5.41, 5.74) is 0.619. The normalized spacial score (nSPS) is 17.3. The van der Waals surface area contributed by atoms with Gasteiger partial charge < -0.3 is 10.2 Å². The summed E-state index contributed by atoms with van der Waals surface area (Å²) in [6.45, 7) is 3.63. The van der Waals surface area contributed by atoms with Crippen LogP contribution in [0.25, 0.3) is 10.2 Å². The van der Waals surface area contributed by atoms with Gasteiger partial charge in [-0.25, -0.2) is 14.4 Å². The second kappa shape index (κ2) is 7.60. The molecule has 3 heterocycles. The summed E-state index contributed by atoms with van der Waals surface area (Å²) in [5, 5.41) is 3.97. The van der Waals surface area contributed by atoms with E-state index in [2.05, 4.69) is 33.2 Å². The number of anilines is 2. The van der Waals surface area contributed by atoms with Crippen molar-refractivity contribution in [3.63, 3.8) is 0 Å². The highest BCUT2D eigenvalue weighted by Crippen LogP contribution is 2.32. The third-order valence-electron chi connectivity index (χ3n) is 4.91. The number of halogens is 1. The number of fused-ring (bicyclic) bond motifs is 1. The van der Waals surface area contributed by atoms with Crippen LogP contribution in [0, 0.1) is 11.7 Å². The number of nitrogens with one attached hydrogen (secondary N) is 1. The molecule has 1 aliphatic rings. The van der Waals surface area contributed by atoms with E-state index in [1.54, 1.807) is 29.8 Å². The first-order valence-electron chi connectivity index (χ1n) is 9.19. The van der Waals surface area contributed by atoms with E-state index in [1.165, 1.54) is 17.0 Å². The molecule has 0 unspecified atom stereocenters. The molecule has 1 aliphatic heterocycles. The van der Waals surface area contributed by atoms with Crippen LogP contribution in [0.15, 0.2) is 36.7 Å². The maximum atomic E-state index is 13.0. The number of rotatable bonds is 4. The number of hydrogen-bond donors (Lipinski definition) is 1. The number of benzene rings is 1. The summed E-state index contributed by atoms with van der Waals surface area (Å²) in [6.07, 6.45) is 4.35. The molecule has 7 heteroatoms. The molecule has 1 N–H and O–H groups in total. The van der Waals surface area contributed by atoms with Crippen molar-refractivity contribution in [2.75, 3.05) is 23.3 Å².